The van der Waals surface area contributed by atoms with Gasteiger partial charge in [-0.15, -0.1) is 0 Å². The Balaban J connectivity index is 3.37. The van der Waals surface area contributed by atoms with Crippen LogP contribution in [0.25, 0.3) is 0 Å². The molecule has 6 heteroatoms. The Bertz CT molecular complexity index is 348. The minimum Gasteiger partial charge on any atom is -0.495 e. The summed E-state index contributed by atoms with van der Waals surface area (Å²) in [4.78, 5) is 0. The van der Waals surface area contributed by atoms with E-state index in [4.69, 9.17) is 0 Å². The van der Waals surface area contributed by atoms with Gasteiger partial charge in [0.15, 0.2) is 0 Å². The van der Waals surface area contributed by atoms with Gasteiger partial charge in [0, 0.05) is 6.07 Å². The van der Waals surface area contributed by atoms with Crippen LogP contribution in [0.4, 0.5) is 17.6 Å². The fourth-order valence-electron chi connectivity index (χ4n) is 0.919. The molecule has 1 rings (SSSR count). The van der Waals surface area contributed by atoms with Gasteiger partial charge in [-0.3, -0.25) is 0 Å². The summed E-state index contributed by atoms with van der Waals surface area (Å²) in [5.74, 6) is -1.17. The Morgan fingerprint density at radius 3 is 2.29 bits per heavy atom. The monoisotopic (exact) mass is 272 g/mol. The summed E-state index contributed by atoms with van der Waals surface area (Å²) in [6.45, 7) is 0. The predicted molar refractivity (Wildman–Crippen MR) is 45.7 cm³/mol. The molecule has 0 saturated heterocycles. The van der Waals surface area contributed by atoms with Crippen molar-refractivity contribution in [2.24, 2.45) is 0 Å². The van der Waals surface area contributed by atoms with Crippen molar-refractivity contribution in [3.63, 3.8) is 0 Å². The molecule has 0 saturated carbocycles. The van der Waals surface area contributed by atoms with E-state index in [0.717, 1.165) is 6.07 Å². The largest absolute Gasteiger partial charge is 0.495 e. The highest BCUT2D eigenvalue weighted by Gasteiger charge is 2.34. The maximum atomic E-state index is 12.7. The van der Waals surface area contributed by atoms with Crippen LogP contribution in [0.5, 0.6) is 5.75 Å². The lowest BCUT2D eigenvalue weighted by molar-refractivity contribution is -0.138. The molecular weight excluding hydrogens is 268 g/mol. The van der Waals surface area contributed by atoms with Crippen molar-refractivity contribution < 1.29 is 22.3 Å². The van der Waals surface area contributed by atoms with E-state index >= 15 is 0 Å². The molecule has 0 radical (unpaired) electrons. The van der Waals surface area contributed by atoms with E-state index in [0.29, 0.717) is 6.07 Å². The third-order valence-electron chi connectivity index (χ3n) is 1.53. The summed E-state index contributed by atoms with van der Waals surface area (Å²) in [6.07, 6.45) is -4.60. The summed E-state index contributed by atoms with van der Waals surface area (Å²) in [5, 5.41) is 0. The van der Waals surface area contributed by atoms with Gasteiger partial charge >= 0.3 is 6.18 Å². The Morgan fingerprint density at radius 1 is 1.29 bits per heavy atom. The molecule has 0 aliphatic carbocycles. The Hall–Kier alpha value is -0.780. The molecule has 0 unspecified atom stereocenters. The highest BCUT2D eigenvalue weighted by Crippen LogP contribution is 2.39. The van der Waals surface area contributed by atoms with Crippen LogP contribution in [-0.4, -0.2) is 7.11 Å². The number of methoxy groups -OCH3 is 1. The molecule has 0 amide bonds. The molecule has 1 aromatic rings. The van der Waals surface area contributed by atoms with Gasteiger partial charge in [0.2, 0.25) is 0 Å². The summed E-state index contributed by atoms with van der Waals surface area (Å²) in [5.41, 5.74) is -1.09. The lowest BCUT2D eigenvalue weighted by atomic mass is 10.2. The summed E-state index contributed by atoms with van der Waals surface area (Å²) >= 11 is 2.70. The van der Waals surface area contributed by atoms with Crippen LogP contribution in [0.1, 0.15) is 5.56 Å². The summed E-state index contributed by atoms with van der Waals surface area (Å²) in [7, 11) is 1.17. The fraction of sp³-hybridized carbons (Fsp3) is 0.250. The van der Waals surface area contributed by atoms with E-state index in [2.05, 4.69) is 20.7 Å². The highest BCUT2D eigenvalue weighted by molar-refractivity contribution is 9.10. The number of halogens is 5. The third kappa shape index (κ3) is 2.17. The van der Waals surface area contributed by atoms with E-state index < -0.39 is 17.6 Å². The average Bonchev–Trinajstić information content (AvgIpc) is 2.06. The Labute approximate surface area is 85.8 Å². The van der Waals surface area contributed by atoms with Gasteiger partial charge < -0.3 is 4.74 Å². The van der Waals surface area contributed by atoms with Gasteiger partial charge in [-0.2, -0.15) is 13.2 Å². The lowest BCUT2D eigenvalue weighted by Crippen LogP contribution is -2.07. The van der Waals surface area contributed by atoms with Gasteiger partial charge in [0.05, 0.1) is 17.1 Å². The minimum atomic E-state index is -4.60. The Morgan fingerprint density at radius 2 is 1.86 bits per heavy atom. The van der Waals surface area contributed by atoms with E-state index in [-0.39, 0.29) is 10.2 Å². The molecule has 1 aromatic carbocycles. The van der Waals surface area contributed by atoms with Gasteiger partial charge in [-0.25, -0.2) is 4.39 Å². The van der Waals surface area contributed by atoms with E-state index in [1.54, 1.807) is 0 Å². The molecule has 0 heterocycles. The molecule has 0 N–H and O–H groups in total. The van der Waals surface area contributed by atoms with Gasteiger partial charge in [0.25, 0.3) is 0 Å². The zero-order chi connectivity index (χ0) is 10.9. The number of rotatable bonds is 1. The van der Waals surface area contributed by atoms with E-state index in [1.807, 2.05) is 0 Å². The first-order chi connectivity index (χ1) is 6.36. The lowest BCUT2D eigenvalue weighted by Gasteiger charge is -2.11. The Kier molecular flexibility index (Phi) is 3.04. The third-order valence-corrected chi connectivity index (χ3v) is 2.35. The topological polar surface area (TPSA) is 9.23 Å². The predicted octanol–water partition coefficient (Wildman–Crippen LogP) is 3.62. The van der Waals surface area contributed by atoms with Crippen molar-refractivity contribution in [2.45, 2.75) is 6.18 Å². The minimum absolute atomic E-state index is 0.183. The van der Waals surface area contributed by atoms with Crippen LogP contribution in [0.15, 0.2) is 16.6 Å². The molecule has 0 bridgehead atoms. The van der Waals surface area contributed by atoms with Crippen LogP contribution >= 0.6 is 15.9 Å². The second-order valence-corrected chi connectivity index (χ2v) is 3.26. The van der Waals surface area contributed by atoms with Crippen molar-refractivity contribution in [3.8, 4) is 5.75 Å². The smallest absolute Gasteiger partial charge is 0.417 e. The number of alkyl halides is 3. The molecule has 0 spiro atoms. The first-order valence-electron chi connectivity index (χ1n) is 3.46. The molecule has 0 aromatic heterocycles. The summed E-state index contributed by atoms with van der Waals surface area (Å²) in [6, 6.07) is 1.28. The van der Waals surface area contributed by atoms with Crippen molar-refractivity contribution in [1.29, 1.82) is 0 Å². The zero-order valence-electron chi connectivity index (χ0n) is 6.95. The quantitative estimate of drug-likeness (QED) is 0.710. The van der Waals surface area contributed by atoms with Gasteiger partial charge in [0.1, 0.15) is 11.6 Å². The number of ether oxygens (including phenoxy) is 1. The standard InChI is InChI=1S/C8H5BrF4O/c1-14-6-3-4(10)2-5(7(6)9)8(11,12)13/h2-3H,1H3. The van der Waals surface area contributed by atoms with Crippen molar-refractivity contribution in [1.82, 2.24) is 0 Å². The van der Waals surface area contributed by atoms with Gasteiger partial charge in [-0.1, -0.05) is 0 Å². The van der Waals surface area contributed by atoms with Gasteiger partial charge in [-0.05, 0) is 22.0 Å². The first kappa shape index (κ1) is 11.3. The van der Waals surface area contributed by atoms with E-state index in [1.165, 1.54) is 7.11 Å². The van der Waals surface area contributed by atoms with Crippen molar-refractivity contribution >= 4 is 15.9 Å². The van der Waals surface area contributed by atoms with Crippen LogP contribution < -0.4 is 4.74 Å². The second-order valence-electron chi connectivity index (χ2n) is 2.47. The molecule has 0 aliphatic rings. The normalized spacial score (nSPS) is 11.6. The van der Waals surface area contributed by atoms with Crippen LogP contribution in [0.2, 0.25) is 0 Å². The number of hydrogen-bond donors (Lipinski definition) is 0. The first-order valence-corrected chi connectivity index (χ1v) is 4.25. The molecule has 1 nitrogen and oxygen atoms in total. The average molecular weight is 273 g/mol. The summed E-state index contributed by atoms with van der Waals surface area (Å²) < 4.78 is 53.9. The number of benzene rings is 1. The fourth-order valence-corrected chi connectivity index (χ4v) is 1.53. The zero-order valence-corrected chi connectivity index (χ0v) is 8.54. The SMILES string of the molecule is COc1cc(F)cc(C(F)(F)F)c1Br. The van der Waals surface area contributed by atoms with Crippen molar-refractivity contribution in [2.75, 3.05) is 7.11 Å². The van der Waals surface area contributed by atoms with E-state index in [9.17, 15) is 17.6 Å². The van der Waals surface area contributed by atoms with Crippen LogP contribution in [-0.2, 0) is 6.18 Å². The highest BCUT2D eigenvalue weighted by atomic mass is 79.9. The molecule has 0 aliphatic heterocycles. The molecule has 14 heavy (non-hydrogen) atoms. The maximum Gasteiger partial charge on any atom is 0.417 e. The molecular formula is C8H5BrF4O. The second kappa shape index (κ2) is 3.76. The number of hydrogen-bond acceptors (Lipinski definition) is 1. The molecule has 0 atom stereocenters. The molecule has 0 fully saturated rings. The maximum absolute atomic E-state index is 12.7. The van der Waals surface area contributed by atoms with Crippen LogP contribution in [0, 0.1) is 5.82 Å². The molecule has 78 valence electrons. The van der Waals surface area contributed by atoms with Crippen molar-refractivity contribution in [3.05, 3.63) is 28.0 Å². The van der Waals surface area contributed by atoms with Crippen LogP contribution in [0.3, 0.4) is 0 Å².